The second-order valence-electron chi connectivity index (χ2n) is 6.06. The molecule has 0 bridgehead atoms. The molecule has 0 unspecified atom stereocenters. The van der Waals surface area contributed by atoms with Gasteiger partial charge in [-0.2, -0.15) is 0 Å². The maximum Gasteiger partial charge on any atom is 0.251 e. The van der Waals surface area contributed by atoms with Crippen LogP contribution in [-0.4, -0.2) is 11.4 Å². The van der Waals surface area contributed by atoms with Gasteiger partial charge in [0.15, 0.2) is 11.6 Å². The predicted molar refractivity (Wildman–Crippen MR) is 91.7 cm³/mol. The highest BCUT2D eigenvalue weighted by Crippen LogP contribution is 2.25. The average Bonchev–Trinajstić information content (AvgIpc) is 2.39. The first-order valence-corrected chi connectivity index (χ1v) is 7.82. The Labute approximate surface area is 142 Å². The highest BCUT2D eigenvalue weighted by Gasteiger charge is 2.16. The van der Waals surface area contributed by atoms with Crippen LogP contribution in [0.4, 0.5) is 8.78 Å². The van der Waals surface area contributed by atoms with Crippen LogP contribution in [0.3, 0.4) is 0 Å². The number of nitrogens with one attached hydrogen (secondary N) is 1. The van der Waals surface area contributed by atoms with Gasteiger partial charge < -0.3 is 5.32 Å². The lowest BCUT2D eigenvalue weighted by molar-refractivity contribution is 0.0919. The molecule has 2 nitrogen and oxygen atoms in total. The van der Waals surface area contributed by atoms with Crippen molar-refractivity contribution in [3.63, 3.8) is 0 Å². The van der Waals surface area contributed by atoms with Gasteiger partial charge in [-0.05, 0) is 84.8 Å². The molecular formula is C17H16F2INO. The summed E-state index contributed by atoms with van der Waals surface area (Å²) in [6.07, 6.45) is 0. The Hall–Kier alpha value is -1.50. The maximum absolute atomic E-state index is 13.4. The zero-order valence-electron chi connectivity index (χ0n) is 12.5. The van der Waals surface area contributed by atoms with Gasteiger partial charge in [0.1, 0.15) is 0 Å². The molecule has 0 saturated heterocycles. The third-order valence-corrected chi connectivity index (χ3v) is 3.52. The smallest absolute Gasteiger partial charge is 0.251 e. The van der Waals surface area contributed by atoms with Crippen molar-refractivity contribution in [1.82, 2.24) is 5.32 Å². The minimum atomic E-state index is -0.906. The quantitative estimate of drug-likeness (QED) is 0.704. The van der Waals surface area contributed by atoms with Crippen LogP contribution in [0.25, 0.3) is 11.1 Å². The SMILES string of the molecule is CC(C)(C)NC(=O)c1cc(I)cc(-c2ccc(F)c(F)c2)c1. The first-order chi connectivity index (χ1) is 10.2. The second-order valence-corrected chi connectivity index (χ2v) is 7.31. The van der Waals surface area contributed by atoms with Crippen LogP contribution in [-0.2, 0) is 0 Å². The molecule has 0 aliphatic rings. The molecule has 5 heteroatoms. The molecule has 2 aromatic carbocycles. The zero-order chi connectivity index (χ0) is 16.5. The van der Waals surface area contributed by atoms with Gasteiger partial charge in [-0.3, -0.25) is 4.79 Å². The van der Waals surface area contributed by atoms with Gasteiger partial charge in [-0.25, -0.2) is 8.78 Å². The number of carbonyl (C=O) groups is 1. The van der Waals surface area contributed by atoms with Gasteiger partial charge in [-0.1, -0.05) is 6.07 Å². The summed E-state index contributed by atoms with van der Waals surface area (Å²) in [6, 6.07) is 8.96. The van der Waals surface area contributed by atoms with Gasteiger partial charge in [0.2, 0.25) is 0 Å². The van der Waals surface area contributed by atoms with Crippen LogP contribution < -0.4 is 5.32 Å². The molecule has 0 aliphatic carbocycles. The number of benzene rings is 2. The molecule has 1 N–H and O–H groups in total. The van der Waals surface area contributed by atoms with Crippen LogP contribution in [0.5, 0.6) is 0 Å². The maximum atomic E-state index is 13.4. The van der Waals surface area contributed by atoms with Crippen LogP contribution in [0.1, 0.15) is 31.1 Å². The number of hydrogen-bond donors (Lipinski definition) is 1. The van der Waals surface area contributed by atoms with Crippen molar-refractivity contribution >= 4 is 28.5 Å². The lowest BCUT2D eigenvalue weighted by Gasteiger charge is -2.20. The Morgan fingerprint density at radius 1 is 1.00 bits per heavy atom. The molecule has 0 spiro atoms. The van der Waals surface area contributed by atoms with E-state index >= 15 is 0 Å². The number of hydrogen-bond acceptors (Lipinski definition) is 1. The Morgan fingerprint density at radius 2 is 1.68 bits per heavy atom. The van der Waals surface area contributed by atoms with E-state index in [0.717, 1.165) is 15.7 Å². The third kappa shape index (κ3) is 4.25. The molecule has 2 rings (SSSR count). The third-order valence-electron chi connectivity index (χ3n) is 2.90. The summed E-state index contributed by atoms with van der Waals surface area (Å²) in [7, 11) is 0. The van der Waals surface area contributed by atoms with E-state index < -0.39 is 11.6 Å². The standard InChI is InChI=1S/C17H16F2INO/c1-17(2,3)21-16(22)12-6-11(7-13(20)8-12)10-4-5-14(18)15(19)9-10/h4-9H,1-3H3,(H,21,22). The number of rotatable bonds is 2. The molecule has 2 aromatic rings. The molecule has 0 aliphatic heterocycles. The predicted octanol–water partition coefficient (Wildman–Crippen LogP) is 4.76. The summed E-state index contributed by atoms with van der Waals surface area (Å²) in [5.74, 6) is -1.99. The van der Waals surface area contributed by atoms with E-state index in [2.05, 4.69) is 27.9 Å². The van der Waals surface area contributed by atoms with Crippen molar-refractivity contribution < 1.29 is 13.6 Å². The van der Waals surface area contributed by atoms with Crippen LogP contribution in [0.15, 0.2) is 36.4 Å². The summed E-state index contributed by atoms with van der Waals surface area (Å²) < 4.78 is 27.3. The molecular weight excluding hydrogens is 399 g/mol. The van der Waals surface area contributed by atoms with Crippen LogP contribution in [0, 0.1) is 15.2 Å². The Balaban J connectivity index is 2.42. The Morgan fingerprint density at radius 3 is 2.27 bits per heavy atom. The minimum absolute atomic E-state index is 0.199. The monoisotopic (exact) mass is 415 g/mol. The summed E-state index contributed by atoms with van der Waals surface area (Å²) in [4.78, 5) is 12.3. The van der Waals surface area contributed by atoms with E-state index in [0.29, 0.717) is 16.7 Å². The van der Waals surface area contributed by atoms with E-state index in [-0.39, 0.29) is 11.4 Å². The topological polar surface area (TPSA) is 29.1 Å². The van der Waals surface area contributed by atoms with Gasteiger partial charge in [0.05, 0.1) is 0 Å². The fourth-order valence-electron chi connectivity index (χ4n) is 1.98. The van der Waals surface area contributed by atoms with E-state index in [4.69, 9.17) is 0 Å². The molecule has 0 aromatic heterocycles. The van der Waals surface area contributed by atoms with Gasteiger partial charge in [-0.15, -0.1) is 0 Å². The Kier molecular flexibility index (Phi) is 4.84. The summed E-state index contributed by atoms with van der Waals surface area (Å²) >= 11 is 2.10. The summed E-state index contributed by atoms with van der Waals surface area (Å²) in [5.41, 5.74) is 1.34. The lowest BCUT2D eigenvalue weighted by Crippen LogP contribution is -2.40. The lowest BCUT2D eigenvalue weighted by atomic mass is 10.0. The normalized spacial score (nSPS) is 11.4. The molecule has 22 heavy (non-hydrogen) atoms. The number of amides is 1. The van der Waals surface area contributed by atoms with Gasteiger partial charge in [0.25, 0.3) is 5.91 Å². The largest absolute Gasteiger partial charge is 0.347 e. The first kappa shape index (κ1) is 16.9. The van der Waals surface area contributed by atoms with Crippen LogP contribution >= 0.6 is 22.6 Å². The molecule has 0 heterocycles. The van der Waals surface area contributed by atoms with E-state index in [9.17, 15) is 13.6 Å². The van der Waals surface area contributed by atoms with E-state index in [1.54, 1.807) is 12.1 Å². The van der Waals surface area contributed by atoms with Gasteiger partial charge >= 0.3 is 0 Å². The fourth-order valence-corrected chi connectivity index (χ4v) is 2.65. The van der Waals surface area contributed by atoms with Crippen LogP contribution in [0.2, 0.25) is 0 Å². The Bertz CT molecular complexity index is 723. The fraction of sp³-hybridized carbons (Fsp3) is 0.235. The van der Waals surface area contributed by atoms with Crippen molar-refractivity contribution in [3.05, 3.63) is 57.2 Å². The van der Waals surface area contributed by atoms with Crippen molar-refractivity contribution in [2.24, 2.45) is 0 Å². The molecule has 116 valence electrons. The van der Waals surface area contributed by atoms with Gasteiger partial charge in [0, 0.05) is 14.7 Å². The molecule has 0 radical (unpaired) electrons. The second kappa shape index (κ2) is 6.32. The van der Waals surface area contributed by atoms with Crippen molar-refractivity contribution in [1.29, 1.82) is 0 Å². The van der Waals surface area contributed by atoms with E-state index in [1.807, 2.05) is 26.8 Å². The average molecular weight is 415 g/mol. The molecule has 0 saturated carbocycles. The highest BCUT2D eigenvalue weighted by molar-refractivity contribution is 14.1. The number of carbonyl (C=O) groups excluding carboxylic acids is 1. The summed E-state index contributed by atoms with van der Waals surface area (Å²) in [5, 5.41) is 2.89. The molecule has 0 atom stereocenters. The number of halogens is 3. The summed E-state index contributed by atoms with van der Waals surface area (Å²) in [6.45, 7) is 5.69. The van der Waals surface area contributed by atoms with Crippen molar-refractivity contribution in [2.75, 3.05) is 0 Å². The molecule has 0 fully saturated rings. The molecule has 1 amide bonds. The zero-order valence-corrected chi connectivity index (χ0v) is 14.7. The minimum Gasteiger partial charge on any atom is -0.347 e. The van der Waals surface area contributed by atoms with E-state index in [1.165, 1.54) is 6.07 Å². The van der Waals surface area contributed by atoms with Crippen molar-refractivity contribution in [3.8, 4) is 11.1 Å². The van der Waals surface area contributed by atoms with Crippen molar-refractivity contribution in [2.45, 2.75) is 26.3 Å². The first-order valence-electron chi connectivity index (χ1n) is 6.74. The highest BCUT2D eigenvalue weighted by atomic mass is 127.